The summed E-state index contributed by atoms with van der Waals surface area (Å²) in [5.41, 5.74) is 13.0. The number of Topliss-reactive ketones (excluding diaryl/α,β-unsaturated/α-hetero) is 2. The van der Waals surface area contributed by atoms with Crippen LogP contribution in [0.25, 0.3) is 0 Å². The first-order valence-corrected chi connectivity index (χ1v) is 32.5. The zero-order chi connectivity index (χ0) is 67.1. The molecule has 0 saturated carbocycles. The van der Waals surface area contributed by atoms with Gasteiger partial charge in [0.15, 0.2) is 11.6 Å². The molecule has 0 atom stereocenters. The Morgan fingerprint density at radius 2 is 1.01 bits per heavy atom. The summed E-state index contributed by atoms with van der Waals surface area (Å²) in [5.74, 6) is 3.10. The number of hydrogen-bond acceptors (Lipinski definition) is 16. The van der Waals surface area contributed by atoms with Crippen molar-refractivity contribution in [2.24, 2.45) is 33.9 Å². The predicted octanol–water partition coefficient (Wildman–Crippen LogP) is 13.4. The highest BCUT2D eigenvalue weighted by Crippen LogP contribution is 2.17. The molecule has 6 aromatic rings. The first-order valence-electron chi connectivity index (χ1n) is 30.9. The van der Waals surface area contributed by atoms with Crippen LogP contribution in [0.4, 0.5) is 11.6 Å². The lowest BCUT2D eigenvalue weighted by Crippen LogP contribution is -2.35. The molecule has 6 rings (SSSR count). The average Bonchev–Trinajstić information content (AvgIpc) is 4.38. The summed E-state index contributed by atoms with van der Waals surface area (Å²) in [6, 6.07) is 22.3. The molecule has 5 N–H and O–H groups in total. The van der Waals surface area contributed by atoms with Crippen LogP contribution in [0.1, 0.15) is 246 Å². The molecule has 0 unspecified atom stereocenters. The molecule has 0 aliphatic carbocycles. The molecule has 0 spiro atoms. The van der Waals surface area contributed by atoms with Crippen LogP contribution in [0.3, 0.4) is 0 Å². The number of ketones is 2. The number of amides is 2. The minimum Gasteiger partial charge on any atom is -0.352 e. The lowest BCUT2D eigenvalue weighted by Gasteiger charge is -2.11. The second-order valence-corrected chi connectivity index (χ2v) is 27.0. The number of rotatable bonds is 25. The Labute approximate surface area is 531 Å². The van der Waals surface area contributed by atoms with Crippen molar-refractivity contribution < 1.29 is 27.6 Å². The molecule has 0 saturated heterocycles. The van der Waals surface area contributed by atoms with Crippen molar-refractivity contribution in [3.8, 4) is 0 Å². The number of carbonyl (C=O) groups excluding carboxylic acids is 4. The van der Waals surface area contributed by atoms with E-state index in [0.29, 0.717) is 82.7 Å². The Morgan fingerprint density at radius 1 is 0.551 bits per heavy atom. The largest absolute Gasteiger partial charge is 0.352 e. The molecule has 0 radical (unpaired) electrons. The van der Waals surface area contributed by atoms with Crippen LogP contribution in [0, 0.1) is 23.7 Å². The highest BCUT2D eigenvalue weighted by atomic mass is 32.2. The number of hydrazone groups is 2. The molecule has 21 nitrogen and oxygen atoms in total. The van der Waals surface area contributed by atoms with Gasteiger partial charge >= 0.3 is 0 Å². The molecular weight excluding hydrogens is 1140 g/mol. The summed E-state index contributed by atoms with van der Waals surface area (Å²) in [7, 11) is -3.05. The Hall–Kier alpha value is -7.85. The number of anilines is 2. The number of hydrogen-bond donors (Lipinski definition) is 5. The Balaban J connectivity index is 0.000000411. The molecule has 0 aliphatic heterocycles. The first kappa shape index (κ1) is 77.2. The number of sulfonamides is 1. The summed E-state index contributed by atoms with van der Waals surface area (Å²) >= 11 is 0. The van der Waals surface area contributed by atoms with Crippen molar-refractivity contribution in [1.29, 1.82) is 0 Å². The molecule has 4 heterocycles. The summed E-state index contributed by atoms with van der Waals surface area (Å²) < 4.78 is 28.4. The Morgan fingerprint density at radius 3 is 1.36 bits per heavy atom. The molecule has 2 amide bonds. The van der Waals surface area contributed by atoms with Crippen molar-refractivity contribution in [2.45, 2.75) is 193 Å². The third-order valence-corrected chi connectivity index (χ3v) is 15.0. The molecule has 488 valence electrons. The minimum absolute atomic E-state index is 0.00704. The van der Waals surface area contributed by atoms with E-state index in [-0.39, 0.29) is 46.5 Å². The van der Waals surface area contributed by atoms with Crippen LogP contribution < -0.4 is 26.2 Å². The maximum Gasteiger partial charge on any atom is 0.251 e. The second kappa shape index (κ2) is 39.2. The third kappa shape index (κ3) is 29.3. The molecule has 89 heavy (non-hydrogen) atoms. The van der Waals surface area contributed by atoms with Crippen LogP contribution >= 0.6 is 0 Å². The van der Waals surface area contributed by atoms with Gasteiger partial charge in [0, 0.05) is 83.9 Å². The van der Waals surface area contributed by atoms with Crippen LogP contribution in [0.5, 0.6) is 0 Å². The van der Waals surface area contributed by atoms with Crippen molar-refractivity contribution in [2.75, 3.05) is 23.9 Å². The minimum atomic E-state index is -3.05. The van der Waals surface area contributed by atoms with E-state index in [1.807, 2.05) is 80.6 Å². The number of nitrogens with one attached hydrogen (secondary N) is 5. The Kier molecular flexibility index (Phi) is 34.0. The molecule has 0 fully saturated rings. The van der Waals surface area contributed by atoms with E-state index in [1.165, 1.54) is 5.69 Å². The number of benzene rings is 2. The number of aromatic nitrogens is 8. The molecule has 22 heteroatoms. The van der Waals surface area contributed by atoms with E-state index < -0.39 is 10.0 Å². The number of carbonyl (C=O) groups is 4. The van der Waals surface area contributed by atoms with E-state index >= 15 is 0 Å². The molecule has 0 aliphatic rings. The summed E-state index contributed by atoms with van der Waals surface area (Å²) in [6.07, 6.45) is 10.5. The summed E-state index contributed by atoms with van der Waals surface area (Å²) in [4.78, 5) is 56.5. The lowest BCUT2D eigenvalue weighted by atomic mass is 10.0. The van der Waals surface area contributed by atoms with Crippen LogP contribution in [0.15, 0.2) is 108 Å². The van der Waals surface area contributed by atoms with Crippen molar-refractivity contribution in [3.05, 3.63) is 142 Å². The van der Waals surface area contributed by atoms with Gasteiger partial charge in [0.05, 0.1) is 34.8 Å². The second-order valence-electron chi connectivity index (χ2n) is 24.7. The molecule has 2 aromatic carbocycles. The van der Waals surface area contributed by atoms with Gasteiger partial charge in [0.25, 0.3) is 11.8 Å². The third-order valence-electron chi connectivity index (χ3n) is 13.0. The van der Waals surface area contributed by atoms with Gasteiger partial charge in [0.1, 0.15) is 11.6 Å². The van der Waals surface area contributed by atoms with Crippen LogP contribution in [0.2, 0.25) is 0 Å². The maximum absolute atomic E-state index is 12.1. The van der Waals surface area contributed by atoms with Crippen molar-refractivity contribution >= 4 is 57.0 Å². The summed E-state index contributed by atoms with van der Waals surface area (Å²) in [5, 5.41) is 29.9. The summed E-state index contributed by atoms with van der Waals surface area (Å²) in [6.45, 7) is 43.1. The van der Waals surface area contributed by atoms with E-state index in [9.17, 15) is 27.6 Å². The topological polar surface area (TPSA) is 274 Å². The normalized spacial score (nSPS) is 11.6. The predicted molar refractivity (Wildman–Crippen MR) is 362 cm³/mol. The van der Waals surface area contributed by atoms with Crippen molar-refractivity contribution in [1.82, 2.24) is 55.3 Å². The van der Waals surface area contributed by atoms with Gasteiger partial charge in [-0.15, -0.1) is 10.2 Å². The highest BCUT2D eigenvalue weighted by Gasteiger charge is 2.17. The zero-order valence-electron chi connectivity index (χ0n) is 56.7. The average molecular weight is 1250 g/mol. The fourth-order valence-electron chi connectivity index (χ4n) is 7.33. The van der Waals surface area contributed by atoms with E-state index in [2.05, 4.69) is 150 Å². The van der Waals surface area contributed by atoms with E-state index in [0.717, 1.165) is 35.4 Å². The Bertz CT molecular complexity index is 3170. The first-order chi connectivity index (χ1) is 41.7. The maximum atomic E-state index is 12.1. The van der Waals surface area contributed by atoms with Gasteiger partial charge in [-0.2, -0.15) is 10.2 Å². The van der Waals surface area contributed by atoms with Crippen LogP contribution in [-0.2, 0) is 10.0 Å². The lowest BCUT2D eigenvalue weighted by molar-refractivity contribution is 0.0932. The van der Waals surface area contributed by atoms with Gasteiger partial charge in [-0.3, -0.25) is 30.0 Å². The molecule has 0 bridgehead atoms. The standard InChI is InChI=1S/C23H30N4O2.C22H28N4O2.2C8H15N3.C6H15NO2S/c1-15(2)12-13-24-23(29)19-8-6-18(7-9-19)17(5)26-27-21-11-10-20(14-25-21)22(28)16(3)4;1-15(2)11-12-23-22(28)18-7-5-17(6-8-18)13-25-26-20-10-9-19(14-24-20)21(27)16(3)4;1-6(2)8-5-11(7(3)4)10-9-8;1-6(2)8-5-9-10-11(8)7(3)4;1-5(2)7-10(8,9)6(3)4/h6-11,14-16H,12-13H2,1-5H3,(H,24,29)(H,25,27);5-10,13-16H,11-12H2,1-4H3,(H,23,28)(H,24,26);2*5-7H,1-4H3;5-7H,1-4H3/b26-17+;25-13+;;;. The van der Waals surface area contributed by atoms with Crippen molar-refractivity contribution in [3.63, 3.8) is 0 Å². The fourth-order valence-corrected chi connectivity index (χ4v) is 8.26. The SMILES string of the molecule is C/C(=N\Nc1ccc(C(=O)C(C)C)cn1)c1ccc(C(=O)NCCC(C)C)cc1.CC(C)CCNC(=O)c1ccc(/C=N/Nc2ccc(C(=O)C(C)C)cn2)cc1.CC(C)NS(=O)(=O)C(C)C.CC(C)c1cn(C(C)C)nn1.CC(C)c1cnnn1C(C)C. The fraction of sp³-hybridized carbons (Fsp3) is 0.522. The smallest absolute Gasteiger partial charge is 0.251 e. The molecular formula is C67H103N15O6S. The van der Waals surface area contributed by atoms with Crippen LogP contribution in [-0.4, -0.2) is 108 Å². The van der Waals surface area contributed by atoms with E-state index in [1.54, 1.807) is 94.8 Å². The van der Waals surface area contributed by atoms with E-state index in [4.69, 9.17) is 0 Å². The quantitative estimate of drug-likeness (QED) is 0.0203. The monoisotopic (exact) mass is 1250 g/mol. The van der Waals surface area contributed by atoms with Gasteiger partial charge in [-0.1, -0.05) is 118 Å². The van der Waals surface area contributed by atoms with Gasteiger partial charge in [-0.05, 0) is 158 Å². The number of nitrogens with zero attached hydrogens (tertiary/aromatic N) is 10. The highest BCUT2D eigenvalue weighted by molar-refractivity contribution is 7.90. The van der Waals surface area contributed by atoms with Gasteiger partial charge in [0.2, 0.25) is 10.0 Å². The number of pyridine rings is 2. The zero-order valence-corrected chi connectivity index (χ0v) is 57.6. The van der Waals surface area contributed by atoms with Gasteiger partial charge < -0.3 is 10.6 Å². The molecule has 4 aromatic heterocycles. The van der Waals surface area contributed by atoms with Gasteiger partial charge in [-0.25, -0.2) is 32.5 Å².